The van der Waals surface area contributed by atoms with Gasteiger partial charge in [0.1, 0.15) is 5.76 Å². The predicted molar refractivity (Wildman–Crippen MR) is 136 cm³/mol. The molecule has 0 spiro atoms. The van der Waals surface area contributed by atoms with E-state index in [2.05, 4.69) is 0 Å². The van der Waals surface area contributed by atoms with Crippen LogP contribution in [0.25, 0.3) is 5.76 Å². The predicted octanol–water partition coefficient (Wildman–Crippen LogP) is 5.94. The number of nitrogens with zero attached hydrogens (tertiary/aromatic N) is 1. The molecule has 0 aromatic heterocycles. The van der Waals surface area contributed by atoms with Gasteiger partial charge in [-0.3, -0.25) is 14.5 Å². The monoisotopic (exact) mass is 491 g/mol. The lowest BCUT2D eigenvalue weighted by Gasteiger charge is -2.26. The molecule has 0 bridgehead atoms. The topological polar surface area (TPSA) is 76.1 Å². The van der Waals surface area contributed by atoms with Gasteiger partial charge in [-0.15, -0.1) is 0 Å². The SMILES string of the molecule is CCOc1cc(C2/C(=C(/O)c3ccc(Cl)cc3)C(=O)C(=O)N2c2ccc(CC)cc2)ccc1OC. The number of carbonyl (C=O) groups excluding carboxylic acids is 2. The highest BCUT2D eigenvalue weighted by Crippen LogP contribution is 2.44. The van der Waals surface area contributed by atoms with Crippen molar-refractivity contribution in [3.05, 3.63) is 94.0 Å². The maximum absolute atomic E-state index is 13.3. The number of rotatable bonds is 7. The number of ketones is 1. The van der Waals surface area contributed by atoms with Crippen molar-refractivity contribution < 1.29 is 24.2 Å². The molecule has 1 heterocycles. The number of aryl methyl sites for hydroxylation is 1. The Morgan fingerprint density at radius 1 is 0.971 bits per heavy atom. The molecule has 3 aromatic rings. The normalized spacial score (nSPS) is 17.0. The van der Waals surface area contributed by atoms with Gasteiger partial charge in [-0.05, 0) is 73.0 Å². The van der Waals surface area contributed by atoms with Crippen LogP contribution >= 0.6 is 11.6 Å². The van der Waals surface area contributed by atoms with E-state index in [0.29, 0.717) is 39.9 Å². The van der Waals surface area contributed by atoms with Gasteiger partial charge in [-0.2, -0.15) is 0 Å². The van der Waals surface area contributed by atoms with Gasteiger partial charge in [-0.25, -0.2) is 0 Å². The van der Waals surface area contributed by atoms with Crippen molar-refractivity contribution in [2.45, 2.75) is 26.3 Å². The number of hydrogen-bond acceptors (Lipinski definition) is 5. The van der Waals surface area contributed by atoms with Crippen LogP contribution in [-0.2, 0) is 16.0 Å². The zero-order chi connectivity index (χ0) is 25.1. The molecule has 1 aliphatic heterocycles. The third kappa shape index (κ3) is 4.62. The van der Waals surface area contributed by atoms with Gasteiger partial charge in [0.15, 0.2) is 11.5 Å². The lowest BCUT2D eigenvalue weighted by atomic mass is 9.94. The molecule has 1 saturated heterocycles. The highest BCUT2D eigenvalue weighted by Gasteiger charge is 2.47. The minimum Gasteiger partial charge on any atom is -0.507 e. The summed E-state index contributed by atoms with van der Waals surface area (Å²) < 4.78 is 11.1. The number of carbonyl (C=O) groups is 2. The molecule has 0 radical (unpaired) electrons. The van der Waals surface area contributed by atoms with E-state index in [-0.39, 0.29) is 11.3 Å². The number of hydrogen-bond donors (Lipinski definition) is 1. The summed E-state index contributed by atoms with van der Waals surface area (Å²) in [7, 11) is 1.54. The number of amides is 1. The molecule has 0 saturated carbocycles. The Morgan fingerprint density at radius 2 is 1.66 bits per heavy atom. The standard InChI is InChI=1S/C28H26ClNO5/c1-4-17-6-13-21(14-7-17)30-25(19-10-15-22(34-3)23(16-19)35-5-2)24(27(32)28(30)33)26(31)18-8-11-20(29)12-9-18/h6-16,25,31H,4-5H2,1-3H3/b26-24-. The lowest BCUT2D eigenvalue weighted by Crippen LogP contribution is -2.29. The molecule has 1 N–H and O–H groups in total. The summed E-state index contributed by atoms with van der Waals surface area (Å²) in [5, 5.41) is 11.7. The van der Waals surface area contributed by atoms with Crippen LogP contribution in [0.1, 0.15) is 36.6 Å². The van der Waals surface area contributed by atoms with E-state index in [0.717, 1.165) is 12.0 Å². The Balaban J connectivity index is 1.94. The van der Waals surface area contributed by atoms with Crippen LogP contribution in [0.3, 0.4) is 0 Å². The second-order valence-electron chi connectivity index (χ2n) is 8.04. The Bertz CT molecular complexity index is 1280. The number of ether oxygens (including phenoxy) is 2. The Hall–Kier alpha value is -3.77. The van der Waals surface area contributed by atoms with Gasteiger partial charge in [0, 0.05) is 16.3 Å². The van der Waals surface area contributed by atoms with Crippen molar-refractivity contribution in [2.24, 2.45) is 0 Å². The van der Waals surface area contributed by atoms with Crippen LogP contribution in [-0.4, -0.2) is 30.5 Å². The lowest BCUT2D eigenvalue weighted by molar-refractivity contribution is -0.132. The summed E-state index contributed by atoms with van der Waals surface area (Å²) in [4.78, 5) is 28.1. The number of halogens is 1. The van der Waals surface area contributed by atoms with Crippen molar-refractivity contribution >= 4 is 34.7 Å². The number of methoxy groups -OCH3 is 1. The highest BCUT2D eigenvalue weighted by molar-refractivity contribution is 6.51. The third-order valence-electron chi connectivity index (χ3n) is 5.99. The molecule has 1 unspecified atom stereocenters. The van der Waals surface area contributed by atoms with E-state index >= 15 is 0 Å². The fourth-order valence-electron chi connectivity index (χ4n) is 4.20. The first-order chi connectivity index (χ1) is 16.9. The molecule has 0 aliphatic carbocycles. The van der Waals surface area contributed by atoms with Crippen molar-refractivity contribution in [3.8, 4) is 11.5 Å². The zero-order valence-corrected chi connectivity index (χ0v) is 20.5. The summed E-state index contributed by atoms with van der Waals surface area (Å²) in [6.07, 6.45) is 0.843. The number of benzene rings is 3. The van der Waals surface area contributed by atoms with Crippen LogP contribution in [0.2, 0.25) is 5.02 Å². The Kier molecular flexibility index (Phi) is 7.12. The van der Waals surface area contributed by atoms with Crippen molar-refractivity contribution in [1.82, 2.24) is 0 Å². The molecule has 1 fully saturated rings. The van der Waals surface area contributed by atoms with Crippen LogP contribution in [0.4, 0.5) is 5.69 Å². The smallest absolute Gasteiger partial charge is 0.300 e. The molecular weight excluding hydrogens is 466 g/mol. The zero-order valence-electron chi connectivity index (χ0n) is 19.7. The van der Waals surface area contributed by atoms with Gasteiger partial charge in [-0.1, -0.05) is 36.7 Å². The van der Waals surface area contributed by atoms with E-state index in [9.17, 15) is 14.7 Å². The van der Waals surface area contributed by atoms with Crippen molar-refractivity contribution in [1.29, 1.82) is 0 Å². The molecule has 180 valence electrons. The summed E-state index contributed by atoms with van der Waals surface area (Å²) in [6, 6.07) is 18.3. The summed E-state index contributed by atoms with van der Waals surface area (Å²) in [5.74, 6) is -0.755. The average molecular weight is 492 g/mol. The molecule has 3 aromatic carbocycles. The average Bonchev–Trinajstić information content (AvgIpc) is 3.14. The van der Waals surface area contributed by atoms with E-state index in [1.54, 1.807) is 49.6 Å². The molecule has 1 amide bonds. The van der Waals surface area contributed by atoms with Crippen molar-refractivity contribution in [2.75, 3.05) is 18.6 Å². The first-order valence-electron chi connectivity index (χ1n) is 11.4. The third-order valence-corrected chi connectivity index (χ3v) is 6.24. The Morgan fingerprint density at radius 3 is 2.26 bits per heavy atom. The van der Waals surface area contributed by atoms with Crippen LogP contribution in [0.5, 0.6) is 11.5 Å². The second-order valence-corrected chi connectivity index (χ2v) is 8.48. The number of aliphatic hydroxyl groups excluding tert-OH is 1. The first-order valence-corrected chi connectivity index (χ1v) is 11.7. The minimum atomic E-state index is -0.872. The molecule has 6 nitrogen and oxygen atoms in total. The van der Waals surface area contributed by atoms with E-state index in [4.69, 9.17) is 21.1 Å². The van der Waals surface area contributed by atoms with E-state index < -0.39 is 17.7 Å². The van der Waals surface area contributed by atoms with Gasteiger partial charge in [0.25, 0.3) is 11.7 Å². The maximum Gasteiger partial charge on any atom is 0.300 e. The van der Waals surface area contributed by atoms with Gasteiger partial charge in [0.2, 0.25) is 0 Å². The largest absolute Gasteiger partial charge is 0.507 e. The minimum absolute atomic E-state index is 0.00972. The number of Topliss-reactive ketones (excluding diaryl/α,β-unsaturated/α-hetero) is 1. The van der Waals surface area contributed by atoms with Crippen LogP contribution < -0.4 is 14.4 Å². The van der Waals surface area contributed by atoms with Crippen molar-refractivity contribution in [3.63, 3.8) is 0 Å². The fourth-order valence-corrected chi connectivity index (χ4v) is 4.33. The summed E-state index contributed by atoms with van der Waals surface area (Å²) in [6.45, 7) is 4.30. The highest BCUT2D eigenvalue weighted by atomic mass is 35.5. The molecule has 4 rings (SSSR count). The molecule has 1 aliphatic rings. The quantitative estimate of drug-likeness (QED) is 0.251. The fraction of sp³-hybridized carbons (Fsp3) is 0.214. The second kappa shape index (κ2) is 10.2. The number of aliphatic hydroxyl groups is 1. The molecule has 35 heavy (non-hydrogen) atoms. The van der Waals surface area contributed by atoms with E-state index in [1.165, 1.54) is 4.90 Å². The van der Waals surface area contributed by atoms with Gasteiger partial charge in [0.05, 0.1) is 25.3 Å². The molecular formula is C28H26ClNO5. The summed E-state index contributed by atoms with van der Waals surface area (Å²) in [5.41, 5.74) is 2.63. The molecule has 1 atom stereocenters. The first kappa shape index (κ1) is 24.4. The summed E-state index contributed by atoms with van der Waals surface area (Å²) >= 11 is 6.00. The van der Waals surface area contributed by atoms with E-state index in [1.807, 2.05) is 38.1 Å². The Labute approximate surface area is 209 Å². The van der Waals surface area contributed by atoms with Crippen LogP contribution in [0, 0.1) is 0 Å². The maximum atomic E-state index is 13.3. The van der Waals surface area contributed by atoms with Crippen LogP contribution in [0.15, 0.2) is 72.3 Å². The van der Waals surface area contributed by atoms with Gasteiger partial charge < -0.3 is 14.6 Å². The van der Waals surface area contributed by atoms with Gasteiger partial charge >= 0.3 is 0 Å². The molecule has 7 heteroatoms. The number of anilines is 1.